The molecule has 0 bridgehead atoms. The SMILES string of the molecule is CCCOC(=O)N1CCN(C(=O)c2ccc3c(Cl)cc(-c4ccc(OC)c(CN)c4)nc3c2)CC1. The van der Waals surface area contributed by atoms with Crippen molar-refractivity contribution in [1.29, 1.82) is 0 Å². The predicted molar refractivity (Wildman–Crippen MR) is 136 cm³/mol. The average Bonchev–Trinajstić information content (AvgIpc) is 2.90. The van der Waals surface area contributed by atoms with Crippen LogP contribution in [0.1, 0.15) is 29.3 Å². The summed E-state index contributed by atoms with van der Waals surface area (Å²) < 4.78 is 10.6. The van der Waals surface area contributed by atoms with Gasteiger partial charge in [0.15, 0.2) is 0 Å². The summed E-state index contributed by atoms with van der Waals surface area (Å²) in [6.45, 7) is 4.46. The van der Waals surface area contributed by atoms with Crippen molar-refractivity contribution in [3.8, 4) is 17.0 Å². The average molecular weight is 497 g/mol. The Labute approximate surface area is 209 Å². The van der Waals surface area contributed by atoms with E-state index in [1.165, 1.54) is 0 Å². The molecule has 8 nitrogen and oxygen atoms in total. The number of halogens is 1. The Bertz CT molecular complexity index is 1240. The summed E-state index contributed by atoms with van der Waals surface area (Å²) in [5.41, 5.74) is 9.43. The van der Waals surface area contributed by atoms with E-state index in [-0.39, 0.29) is 12.0 Å². The molecule has 0 radical (unpaired) electrons. The van der Waals surface area contributed by atoms with Crippen molar-refractivity contribution in [3.05, 3.63) is 58.6 Å². The molecule has 2 heterocycles. The number of aromatic nitrogens is 1. The van der Waals surface area contributed by atoms with E-state index in [2.05, 4.69) is 0 Å². The van der Waals surface area contributed by atoms with Gasteiger partial charge in [-0.1, -0.05) is 24.6 Å². The lowest BCUT2D eigenvalue weighted by molar-refractivity contribution is 0.0560. The van der Waals surface area contributed by atoms with Crippen LogP contribution in [0.5, 0.6) is 5.75 Å². The maximum atomic E-state index is 13.2. The van der Waals surface area contributed by atoms with Crippen LogP contribution in [0.4, 0.5) is 4.79 Å². The number of ether oxygens (including phenoxy) is 2. The minimum absolute atomic E-state index is 0.105. The van der Waals surface area contributed by atoms with Crippen molar-refractivity contribution < 1.29 is 19.1 Å². The molecule has 1 aliphatic rings. The second kappa shape index (κ2) is 10.9. The van der Waals surface area contributed by atoms with Gasteiger partial charge in [-0.3, -0.25) is 4.79 Å². The number of amides is 2. The molecule has 1 aromatic heterocycles. The van der Waals surface area contributed by atoms with Gasteiger partial charge in [0.1, 0.15) is 5.75 Å². The Morgan fingerprint density at radius 3 is 2.49 bits per heavy atom. The van der Waals surface area contributed by atoms with Crippen LogP contribution >= 0.6 is 11.6 Å². The quantitative estimate of drug-likeness (QED) is 0.545. The highest BCUT2D eigenvalue weighted by Crippen LogP contribution is 2.31. The molecule has 0 aliphatic carbocycles. The van der Waals surface area contributed by atoms with Crippen molar-refractivity contribution in [2.45, 2.75) is 19.9 Å². The Kier molecular flexibility index (Phi) is 7.73. The highest BCUT2D eigenvalue weighted by atomic mass is 35.5. The summed E-state index contributed by atoms with van der Waals surface area (Å²) in [5, 5.41) is 1.32. The second-order valence-corrected chi connectivity index (χ2v) is 8.75. The van der Waals surface area contributed by atoms with Crippen LogP contribution in [0, 0.1) is 0 Å². The Morgan fingerprint density at radius 2 is 1.80 bits per heavy atom. The number of rotatable bonds is 6. The number of carbonyl (C=O) groups excluding carboxylic acids is 2. The monoisotopic (exact) mass is 496 g/mol. The Balaban J connectivity index is 1.55. The van der Waals surface area contributed by atoms with Crippen LogP contribution in [-0.2, 0) is 11.3 Å². The van der Waals surface area contributed by atoms with E-state index in [1.54, 1.807) is 29.0 Å². The molecule has 1 fully saturated rings. The molecule has 1 saturated heterocycles. The zero-order chi connectivity index (χ0) is 24.9. The van der Waals surface area contributed by atoms with Crippen molar-refractivity contribution >= 4 is 34.5 Å². The lowest BCUT2D eigenvalue weighted by atomic mass is 10.0. The molecule has 0 atom stereocenters. The summed E-state index contributed by atoms with van der Waals surface area (Å²) in [6.07, 6.45) is 0.450. The van der Waals surface area contributed by atoms with Gasteiger partial charge in [-0.2, -0.15) is 0 Å². The third-order valence-corrected chi connectivity index (χ3v) is 6.37. The molecule has 184 valence electrons. The molecule has 4 rings (SSSR count). The van der Waals surface area contributed by atoms with E-state index in [0.717, 1.165) is 28.7 Å². The lowest BCUT2D eigenvalue weighted by Crippen LogP contribution is -2.50. The maximum Gasteiger partial charge on any atom is 0.409 e. The third kappa shape index (κ3) is 5.33. The molecular weight excluding hydrogens is 468 g/mol. The first kappa shape index (κ1) is 24.8. The van der Waals surface area contributed by atoms with E-state index in [1.807, 2.05) is 37.3 Å². The van der Waals surface area contributed by atoms with Crippen LogP contribution in [0.15, 0.2) is 42.5 Å². The van der Waals surface area contributed by atoms with Crippen LogP contribution in [0.2, 0.25) is 5.02 Å². The van der Waals surface area contributed by atoms with E-state index in [4.69, 9.17) is 31.8 Å². The van der Waals surface area contributed by atoms with E-state index in [9.17, 15) is 9.59 Å². The normalized spacial score (nSPS) is 13.7. The van der Waals surface area contributed by atoms with E-state index in [0.29, 0.717) is 61.1 Å². The third-order valence-electron chi connectivity index (χ3n) is 6.06. The van der Waals surface area contributed by atoms with Gasteiger partial charge in [-0.15, -0.1) is 0 Å². The summed E-state index contributed by atoms with van der Waals surface area (Å²) in [7, 11) is 1.61. The standard InChI is InChI=1S/C26H29ClN4O4/c1-3-12-35-26(33)31-10-8-30(9-11-31)25(32)18-4-6-20-21(27)15-22(29-23(20)14-18)17-5-7-24(34-2)19(13-17)16-28/h4-7,13-15H,3,8-12,16,28H2,1-2H3. The van der Waals surface area contributed by atoms with Crippen molar-refractivity contribution in [1.82, 2.24) is 14.8 Å². The first-order valence-corrected chi connectivity index (χ1v) is 12.0. The number of hydrogen-bond acceptors (Lipinski definition) is 6. The first-order valence-electron chi connectivity index (χ1n) is 11.6. The fourth-order valence-corrected chi connectivity index (χ4v) is 4.38. The minimum Gasteiger partial charge on any atom is -0.496 e. The number of benzene rings is 2. The number of pyridine rings is 1. The number of fused-ring (bicyclic) bond motifs is 1. The van der Waals surface area contributed by atoms with E-state index < -0.39 is 0 Å². The zero-order valence-electron chi connectivity index (χ0n) is 19.9. The van der Waals surface area contributed by atoms with Gasteiger partial charge in [-0.25, -0.2) is 9.78 Å². The van der Waals surface area contributed by atoms with Crippen LogP contribution in [-0.4, -0.2) is 66.7 Å². The predicted octanol–water partition coefficient (Wildman–Crippen LogP) is 4.33. The summed E-state index contributed by atoms with van der Waals surface area (Å²) in [5.74, 6) is 0.612. The molecule has 35 heavy (non-hydrogen) atoms. The van der Waals surface area contributed by atoms with Crippen molar-refractivity contribution in [2.24, 2.45) is 5.73 Å². The van der Waals surface area contributed by atoms with Crippen molar-refractivity contribution in [2.75, 3.05) is 39.9 Å². The van der Waals surface area contributed by atoms with Crippen LogP contribution < -0.4 is 10.5 Å². The molecule has 2 amide bonds. The van der Waals surface area contributed by atoms with Crippen molar-refractivity contribution in [3.63, 3.8) is 0 Å². The van der Waals surface area contributed by atoms with Gasteiger partial charge in [0.05, 0.1) is 29.9 Å². The molecule has 2 aromatic carbocycles. The molecule has 3 aromatic rings. The molecular formula is C26H29ClN4O4. The minimum atomic E-state index is -0.327. The summed E-state index contributed by atoms with van der Waals surface area (Å²) in [4.78, 5) is 33.4. The van der Waals surface area contributed by atoms with Gasteiger partial charge in [-0.05, 0) is 42.8 Å². The maximum absolute atomic E-state index is 13.2. The summed E-state index contributed by atoms with van der Waals surface area (Å²) >= 11 is 6.57. The largest absolute Gasteiger partial charge is 0.496 e. The number of nitrogens with two attached hydrogens (primary N) is 1. The molecule has 0 saturated carbocycles. The number of hydrogen-bond donors (Lipinski definition) is 1. The van der Waals surface area contributed by atoms with Crippen LogP contribution in [0.3, 0.4) is 0 Å². The molecule has 1 aliphatic heterocycles. The smallest absolute Gasteiger partial charge is 0.409 e. The van der Waals surface area contributed by atoms with Gasteiger partial charge in [0, 0.05) is 54.8 Å². The van der Waals surface area contributed by atoms with Gasteiger partial charge >= 0.3 is 6.09 Å². The number of carbonyl (C=O) groups is 2. The number of piperazine rings is 1. The number of nitrogens with zero attached hydrogens (tertiary/aromatic N) is 3. The van der Waals surface area contributed by atoms with Gasteiger partial charge in [0.25, 0.3) is 5.91 Å². The molecule has 0 spiro atoms. The topological polar surface area (TPSA) is 98.0 Å². The Hall–Kier alpha value is -3.36. The zero-order valence-corrected chi connectivity index (χ0v) is 20.7. The highest BCUT2D eigenvalue weighted by Gasteiger charge is 2.26. The van der Waals surface area contributed by atoms with Gasteiger partial charge in [0.2, 0.25) is 0 Å². The second-order valence-electron chi connectivity index (χ2n) is 8.35. The fourth-order valence-electron chi connectivity index (χ4n) is 4.12. The first-order chi connectivity index (χ1) is 16.9. The summed E-state index contributed by atoms with van der Waals surface area (Å²) in [6, 6.07) is 12.9. The van der Waals surface area contributed by atoms with Gasteiger partial charge < -0.3 is 25.0 Å². The molecule has 9 heteroatoms. The molecule has 2 N–H and O–H groups in total. The van der Waals surface area contributed by atoms with E-state index >= 15 is 0 Å². The lowest BCUT2D eigenvalue weighted by Gasteiger charge is -2.34. The fraction of sp³-hybridized carbons (Fsp3) is 0.346. The number of methoxy groups -OCH3 is 1. The Morgan fingerprint density at radius 1 is 1.06 bits per heavy atom. The highest BCUT2D eigenvalue weighted by molar-refractivity contribution is 6.35. The van der Waals surface area contributed by atoms with Crippen LogP contribution in [0.25, 0.3) is 22.2 Å². The molecule has 0 unspecified atom stereocenters.